The van der Waals surface area contributed by atoms with Crippen molar-refractivity contribution in [2.45, 2.75) is 116 Å². The van der Waals surface area contributed by atoms with Gasteiger partial charge in [-0.15, -0.1) is 0 Å². The lowest BCUT2D eigenvalue weighted by Gasteiger charge is -2.39. The number of epoxide rings is 1. The van der Waals surface area contributed by atoms with Gasteiger partial charge < -0.3 is 31.0 Å². The second-order valence-electron chi connectivity index (χ2n) is 9.79. The van der Waals surface area contributed by atoms with Crippen LogP contribution in [0.4, 0.5) is 0 Å². The predicted octanol–water partition coefficient (Wildman–Crippen LogP) is 3.54. The Kier molecular flexibility index (Phi) is 14.2. The number of primary amides is 1. The van der Waals surface area contributed by atoms with Crippen LogP contribution in [-0.2, 0) is 23.8 Å². The predicted molar refractivity (Wildman–Crippen MR) is 144 cm³/mol. The van der Waals surface area contributed by atoms with Gasteiger partial charge in [-0.05, 0) is 46.5 Å². The van der Waals surface area contributed by atoms with Gasteiger partial charge in [0.1, 0.15) is 0 Å². The van der Waals surface area contributed by atoms with Crippen LogP contribution in [0.15, 0.2) is 36.0 Å². The van der Waals surface area contributed by atoms with Crippen LogP contribution in [0.2, 0.25) is 0 Å². The van der Waals surface area contributed by atoms with Crippen molar-refractivity contribution >= 4 is 12.3 Å². The lowest BCUT2D eigenvalue weighted by atomic mass is 9.88. The molecule has 3 aliphatic heterocycles. The number of rotatable bonds is 7. The Morgan fingerprint density at radius 1 is 1.22 bits per heavy atom. The van der Waals surface area contributed by atoms with Gasteiger partial charge in [0.25, 0.3) is 0 Å². The number of nitrogens with two attached hydrogens (primary N) is 2. The zero-order valence-electron chi connectivity index (χ0n) is 23.2. The molecule has 8 nitrogen and oxygen atoms in total. The van der Waals surface area contributed by atoms with Gasteiger partial charge in [-0.1, -0.05) is 50.6 Å². The molecule has 2 amide bonds. The van der Waals surface area contributed by atoms with Crippen LogP contribution in [0.3, 0.4) is 0 Å². The maximum Gasteiger partial charge on any atom is 0.244 e. The summed E-state index contributed by atoms with van der Waals surface area (Å²) in [7, 11) is 0. The summed E-state index contributed by atoms with van der Waals surface area (Å²) >= 11 is 0. The Hall–Kier alpha value is -2.00. The van der Waals surface area contributed by atoms with Gasteiger partial charge in [0.15, 0.2) is 0 Å². The molecule has 0 aliphatic carbocycles. The molecular weight excluding hydrogens is 458 g/mol. The van der Waals surface area contributed by atoms with Crippen LogP contribution < -0.4 is 16.8 Å². The number of hydrogen-bond donors (Lipinski definition) is 3. The monoisotopic (exact) mass is 507 g/mol. The van der Waals surface area contributed by atoms with E-state index in [0.717, 1.165) is 32.3 Å². The molecular formula is C28H49N3O5. The van der Waals surface area contributed by atoms with Crippen molar-refractivity contribution < 1.29 is 23.8 Å². The third-order valence-electron chi connectivity index (χ3n) is 6.84. The van der Waals surface area contributed by atoms with E-state index in [1.165, 1.54) is 11.6 Å². The Morgan fingerprint density at radius 2 is 1.86 bits per heavy atom. The number of amides is 2. The zero-order chi connectivity index (χ0) is 27.3. The first-order chi connectivity index (χ1) is 17.1. The normalized spacial score (nSPS) is 34.8. The van der Waals surface area contributed by atoms with E-state index >= 15 is 0 Å². The van der Waals surface area contributed by atoms with Crippen molar-refractivity contribution in [3.8, 4) is 0 Å². The lowest BCUT2D eigenvalue weighted by molar-refractivity contribution is -0.123. The van der Waals surface area contributed by atoms with Crippen molar-refractivity contribution in [2.75, 3.05) is 6.61 Å². The van der Waals surface area contributed by atoms with Gasteiger partial charge in [0.05, 0.1) is 42.7 Å². The number of carbonyl (C=O) groups excluding carboxylic acids is 2. The number of carbonyl (C=O) groups is 2. The van der Waals surface area contributed by atoms with Crippen molar-refractivity contribution in [3.63, 3.8) is 0 Å². The molecule has 0 bridgehead atoms. The van der Waals surface area contributed by atoms with Crippen molar-refractivity contribution in [3.05, 3.63) is 36.0 Å². The Balaban J connectivity index is 0.00000120. The molecule has 8 heteroatoms. The molecule has 0 aromatic heterocycles. The highest BCUT2D eigenvalue weighted by Gasteiger charge is 2.55. The van der Waals surface area contributed by atoms with Crippen LogP contribution in [0, 0.1) is 5.92 Å². The van der Waals surface area contributed by atoms with Crippen molar-refractivity contribution in [2.24, 2.45) is 17.4 Å². The number of allylic oxidation sites excluding steroid dienone is 2. The molecule has 3 fully saturated rings. The summed E-state index contributed by atoms with van der Waals surface area (Å²) < 4.78 is 18.0. The smallest absolute Gasteiger partial charge is 0.244 e. The topological polar surface area (TPSA) is 129 Å². The largest absolute Gasteiger partial charge is 0.374 e. The number of ether oxygens (including phenoxy) is 3. The summed E-state index contributed by atoms with van der Waals surface area (Å²) in [5.41, 5.74) is 11.1. The van der Waals surface area contributed by atoms with E-state index in [0.29, 0.717) is 12.0 Å². The highest BCUT2D eigenvalue weighted by Crippen LogP contribution is 2.46. The standard InChI is InChI=1S/C25H40N2O4.C2H6.CH3NO/c1-16(6-9-21-15-25(12-13-29-21)20(5)31-25)7-10-23-17(2)14-22(19(4)30-23)27-24(28)11-8-18(3)26;1-2;2-1-3/h6-9,11,17-23H,10,12-15,26H2,1-5H3,(H,27,28);1-2H3;1H,(H2,2,3)/b9-6+,11-8+,16-7+;;. The number of hydrogen-bond acceptors (Lipinski definition) is 6. The summed E-state index contributed by atoms with van der Waals surface area (Å²) in [6.45, 7) is 15.1. The van der Waals surface area contributed by atoms with Crippen LogP contribution in [0.1, 0.15) is 74.1 Å². The molecule has 5 N–H and O–H groups in total. The van der Waals surface area contributed by atoms with Gasteiger partial charge in [0, 0.05) is 25.0 Å². The van der Waals surface area contributed by atoms with Crippen molar-refractivity contribution in [1.82, 2.24) is 5.32 Å². The molecule has 0 aromatic rings. The van der Waals surface area contributed by atoms with E-state index in [4.69, 9.17) is 24.7 Å². The highest BCUT2D eigenvalue weighted by atomic mass is 16.6. The van der Waals surface area contributed by atoms with E-state index in [-0.39, 0.29) is 48.3 Å². The average molecular weight is 508 g/mol. The van der Waals surface area contributed by atoms with Gasteiger partial charge in [-0.25, -0.2) is 0 Å². The first kappa shape index (κ1) is 32.0. The van der Waals surface area contributed by atoms with Crippen LogP contribution in [-0.4, -0.2) is 61.0 Å². The van der Waals surface area contributed by atoms with Crippen molar-refractivity contribution in [1.29, 1.82) is 0 Å². The van der Waals surface area contributed by atoms with Gasteiger partial charge in [-0.2, -0.15) is 0 Å². The molecule has 8 atom stereocenters. The number of nitrogens with one attached hydrogen (secondary N) is 1. The maximum absolute atomic E-state index is 12.1. The van der Waals surface area contributed by atoms with Gasteiger partial charge in [0.2, 0.25) is 12.3 Å². The summed E-state index contributed by atoms with van der Waals surface area (Å²) in [6, 6.07) is -0.112. The summed E-state index contributed by atoms with van der Waals surface area (Å²) in [5, 5.41) is 3.05. The maximum atomic E-state index is 12.1. The molecule has 0 radical (unpaired) electrons. The first-order valence-corrected chi connectivity index (χ1v) is 13.3. The molecule has 206 valence electrons. The fraction of sp³-hybridized carbons (Fsp3) is 0.714. The minimum absolute atomic E-state index is 0.0178. The summed E-state index contributed by atoms with van der Waals surface area (Å²) in [6.07, 6.45) is 14.4. The second kappa shape index (κ2) is 16.0. The van der Waals surface area contributed by atoms with E-state index in [1.807, 2.05) is 27.7 Å². The van der Waals surface area contributed by atoms with Crippen LogP contribution in [0.5, 0.6) is 0 Å². The minimum Gasteiger partial charge on any atom is -0.374 e. The fourth-order valence-corrected chi connectivity index (χ4v) is 4.61. The fourth-order valence-electron chi connectivity index (χ4n) is 4.61. The Bertz CT molecular complexity index is 766. The molecule has 3 heterocycles. The third kappa shape index (κ3) is 10.5. The van der Waals surface area contributed by atoms with E-state index in [9.17, 15) is 4.79 Å². The van der Waals surface area contributed by atoms with E-state index in [1.54, 1.807) is 6.08 Å². The van der Waals surface area contributed by atoms with Gasteiger partial charge in [-0.3, -0.25) is 9.59 Å². The van der Waals surface area contributed by atoms with E-state index < -0.39 is 0 Å². The molecule has 3 saturated heterocycles. The summed E-state index contributed by atoms with van der Waals surface area (Å²) in [5.74, 6) is 0.254. The molecule has 8 unspecified atom stereocenters. The zero-order valence-corrected chi connectivity index (χ0v) is 23.2. The SMILES string of the molecule is CC.CC(/C=C/C1CC2(CCO1)OC2C)=C\CC1OC(C)C(NC(=O)/C=C/C(C)N)CC1C.NC=O. The Labute approximate surface area is 217 Å². The molecule has 3 rings (SSSR count). The molecule has 36 heavy (non-hydrogen) atoms. The molecule has 0 saturated carbocycles. The average Bonchev–Trinajstić information content (AvgIpc) is 3.45. The van der Waals surface area contributed by atoms with Crippen LogP contribution in [0.25, 0.3) is 0 Å². The third-order valence-corrected chi connectivity index (χ3v) is 6.84. The molecule has 3 aliphatic rings. The molecule has 1 spiro atoms. The first-order valence-electron chi connectivity index (χ1n) is 13.3. The quantitative estimate of drug-likeness (QED) is 0.209. The van der Waals surface area contributed by atoms with Crippen LogP contribution >= 0.6 is 0 Å². The Morgan fingerprint density at radius 3 is 2.44 bits per heavy atom. The minimum atomic E-state index is -0.130. The lowest BCUT2D eigenvalue weighted by Crippen LogP contribution is -2.50. The van der Waals surface area contributed by atoms with Gasteiger partial charge >= 0.3 is 0 Å². The second-order valence-corrected chi connectivity index (χ2v) is 9.79. The highest BCUT2D eigenvalue weighted by molar-refractivity contribution is 5.87. The molecule has 0 aromatic carbocycles. The summed E-state index contributed by atoms with van der Waals surface area (Å²) in [4.78, 5) is 20.7. The van der Waals surface area contributed by atoms with E-state index in [2.05, 4.69) is 50.0 Å².